The van der Waals surface area contributed by atoms with Gasteiger partial charge in [-0.3, -0.25) is 9.69 Å². The highest BCUT2D eigenvalue weighted by molar-refractivity contribution is 5.79. The maximum Gasteiger partial charge on any atom is 0.325 e. The zero-order valence-electron chi connectivity index (χ0n) is 8.16. The molecule has 2 aliphatic rings. The van der Waals surface area contributed by atoms with Crippen molar-refractivity contribution >= 4 is 5.97 Å². The van der Waals surface area contributed by atoms with Crippen LogP contribution in [0, 0.1) is 0 Å². The Bertz CT molecular complexity index is 220. The van der Waals surface area contributed by atoms with E-state index in [9.17, 15) is 9.90 Å². The topological polar surface area (TPSA) is 61.8 Å². The molecule has 2 rings (SSSR count). The Morgan fingerprint density at radius 2 is 2.14 bits per heavy atom. The second kappa shape index (κ2) is 3.84. The van der Waals surface area contributed by atoms with E-state index in [4.69, 9.17) is 4.74 Å². The van der Waals surface area contributed by atoms with Crippen molar-refractivity contribution in [2.75, 3.05) is 39.4 Å². The van der Waals surface area contributed by atoms with Crippen LogP contribution >= 0.6 is 0 Å². The predicted octanol–water partition coefficient (Wildman–Crippen LogP) is -0.865. The molecule has 5 nitrogen and oxygen atoms in total. The van der Waals surface area contributed by atoms with Gasteiger partial charge in [-0.2, -0.15) is 0 Å². The number of carboxylic acids is 1. The van der Waals surface area contributed by atoms with Gasteiger partial charge in [0, 0.05) is 19.6 Å². The zero-order valence-corrected chi connectivity index (χ0v) is 8.16. The molecule has 0 bridgehead atoms. The number of rotatable bonds is 2. The van der Waals surface area contributed by atoms with Crippen molar-refractivity contribution in [3.05, 3.63) is 0 Å². The second-order valence-corrected chi connectivity index (χ2v) is 3.86. The molecule has 0 aromatic rings. The van der Waals surface area contributed by atoms with Crippen LogP contribution in [0.5, 0.6) is 0 Å². The molecule has 14 heavy (non-hydrogen) atoms. The smallest absolute Gasteiger partial charge is 0.325 e. The molecule has 0 spiro atoms. The summed E-state index contributed by atoms with van der Waals surface area (Å²) < 4.78 is 5.23. The molecule has 2 aliphatic heterocycles. The van der Waals surface area contributed by atoms with Gasteiger partial charge >= 0.3 is 5.97 Å². The monoisotopic (exact) mass is 200 g/mol. The first kappa shape index (κ1) is 9.89. The lowest BCUT2D eigenvalue weighted by Crippen LogP contribution is -2.59. The van der Waals surface area contributed by atoms with E-state index in [-0.39, 0.29) is 0 Å². The van der Waals surface area contributed by atoms with Crippen LogP contribution in [0.1, 0.15) is 6.42 Å². The van der Waals surface area contributed by atoms with Crippen LogP contribution in [0.2, 0.25) is 0 Å². The number of nitrogens with zero attached hydrogens (tertiary/aromatic N) is 1. The van der Waals surface area contributed by atoms with Crippen molar-refractivity contribution in [1.29, 1.82) is 0 Å². The molecule has 80 valence electrons. The number of hydrogen-bond acceptors (Lipinski definition) is 4. The van der Waals surface area contributed by atoms with Gasteiger partial charge in [0.25, 0.3) is 0 Å². The fourth-order valence-electron chi connectivity index (χ4n) is 2.26. The minimum atomic E-state index is -0.704. The van der Waals surface area contributed by atoms with Crippen LogP contribution in [0.15, 0.2) is 0 Å². The number of hydrogen-bond donors (Lipinski definition) is 2. The fraction of sp³-hybridized carbons (Fsp3) is 0.889. The third-order valence-electron chi connectivity index (χ3n) is 3.15. The molecular weight excluding hydrogens is 184 g/mol. The van der Waals surface area contributed by atoms with E-state index in [1.54, 1.807) is 0 Å². The molecule has 1 atom stereocenters. The van der Waals surface area contributed by atoms with Gasteiger partial charge in [0.2, 0.25) is 0 Å². The van der Waals surface area contributed by atoms with Gasteiger partial charge in [0.05, 0.1) is 13.2 Å². The molecule has 1 unspecified atom stereocenters. The van der Waals surface area contributed by atoms with Crippen molar-refractivity contribution < 1.29 is 14.6 Å². The average molecular weight is 200 g/mol. The van der Waals surface area contributed by atoms with Gasteiger partial charge in [-0.15, -0.1) is 0 Å². The number of aliphatic carboxylic acids is 1. The van der Waals surface area contributed by atoms with E-state index in [0.29, 0.717) is 26.2 Å². The Morgan fingerprint density at radius 3 is 2.64 bits per heavy atom. The molecule has 5 heteroatoms. The number of nitrogens with one attached hydrogen (secondary N) is 1. The first-order valence-corrected chi connectivity index (χ1v) is 5.03. The number of ether oxygens (including phenoxy) is 1. The van der Waals surface area contributed by atoms with E-state index >= 15 is 0 Å². The largest absolute Gasteiger partial charge is 0.480 e. The van der Waals surface area contributed by atoms with E-state index in [1.165, 1.54) is 0 Å². The highest BCUT2D eigenvalue weighted by Gasteiger charge is 2.46. The van der Waals surface area contributed by atoms with Crippen LogP contribution in [-0.2, 0) is 9.53 Å². The minimum absolute atomic E-state index is 0.558. The SMILES string of the molecule is O=C(O)C1(N2CCOCC2)CCNC1. The quantitative estimate of drug-likeness (QED) is 0.607. The standard InChI is InChI=1S/C9H16N2O3/c12-8(13)9(1-2-10-7-9)11-3-5-14-6-4-11/h10H,1-7H2,(H,12,13). The summed E-state index contributed by atoms with van der Waals surface area (Å²) in [6, 6.07) is 0. The first-order valence-electron chi connectivity index (χ1n) is 5.03. The van der Waals surface area contributed by atoms with Gasteiger partial charge < -0.3 is 15.2 Å². The molecule has 2 heterocycles. The molecule has 2 saturated heterocycles. The van der Waals surface area contributed by atoms with E-state index in [2.05, 4.69) is 5.32 Å². The van der Waals surface area contributed by atoms with Gasteiger partial charge in [-0.05, 0) is 13.0 Å². The lowest BCUT2D eigenvalue weighted by Gasteiger charge is -2.39. The summed E-state index contributed by atoms with van der Waals surface area (Å²) in [5, 5.41) is 12.4. The molecule has 0 aliphatic carbocycles. The Hall–Kier alpha value is -0.650. The van der Waals surface area contributed by atoms with Gasteiger partial charge in [0.1, 0.15) is 5.54 Å². The van der Waals surface area contributed by atoms with E-state index in [1.807, 2.05) is 4.90 Å². The molecule has 2 N–H and O–H groups in total. The molecule has 2 fully saturated rings. The summed E-state index contributed by atoms with van der Waals surface area (Å²) in [4.78, 5) is 13.3. The third kappa shape index (κ3) is 1.51. The fourth-order valence-corrected chi connectivity index (χ4v) is 2.26. The van der Waals surface area contributed by atoms with Gasteiger partial charge in [0.15, 0.2) is 0 Å². The molecule has 0 radical (unpaired) electrons. The maximum absolute atomic E-state index is 11.3. The van der Waals surface area contributed by atoms with Gasteiger partial charge in [-0.25, -0.2) is 0 Å². The van der Waals surface area contributed by atoms with Crippen molar-refractivity contribution in [3.63, 3.8) is 0 Å². The lowest BCUT2D eigenvalue weighted by molar-refractivity contribution is -0.153. The highest BCUT2D eigenvalue weighted by Crippen LogP contribution is 2.24. The minimum Gasteiger partial charge on any atom is -0.480 e. The lowest BCUT2D eigenvalue weighted by atomic mass is 9.96. The van der Waals surface area contributed by atoms with Crippen molar-refractivity contribution in [3.8, 4) is 0 Å². The molecule has 0 aromatic heterocycles. The summed E-state index contributed by atoms with van der Waals surface area (Å²) in [6.07, 6.45) is 0.697. The molecular formula is C9H16N2O3. The van der Waals surface area contributed by atoms with E-state index in [0.717, 1.165) is 19.6 Å². The van der Waals surface area contributed by atoms with Gasteiger partial charge in [-0.1, -0.05) is 0 Å². The summed E-state index contributed by atoms with van der Waals surface area (Å²) in [6.45, 7) is 4.11. The molecule has 0 saturated carbocycles. The summed E-state index contributed by atoms with van der Waals surface area (Å²) in [7, 11) is 0. The molecule has 0 aromatic carbocycles. The third-order valence-corrected chi connectivity index (χ3v) is 3.15. The number of morpholine rings is 1. The second-order valence-electron chi connectivity index (χ2n) is 3.86. The van der Waals surface area contributed by atoms with Crippen LogP contribution in [0.4, 0.5) is 0 Å². The van der Waals surface area contributed by atoms with Crippen LogP contribution in [0.25, 0.3) is 0 Å². The van der Waals surface area contributed by atoms with Crippen LogP contribution < -0.4 is 5.32 Å². The van der Waals surface area contributed by atoms with Crippen LogP contribution in [0.3, 0.4) is 0 Å². The number of carbonyl (C=O) groups is 1. The number of carboxylic acid groups (broad SMARTS) is 1. The normalized spacial score (nSPS) is 34.6. The molecule has 0 amide bonds. The summed E-state index contributed by atoms with van der Waals surface area (Å²) in [5.74, 6) is -0.704. The zero-order chi connectivity index (χ0) is 10.0. The Morgan fingerprint density at radius 1 is 1.43 bits per heavy atom. The predicted molar refractivity (Wildman–Crippen MR) is 50.2 cm³/mol. The Kier molecular flexibility index (Phi) is 2.71. The first-order chi connectivity index (χ1) is 6.76. The maximum atomic E-state index is 11.3. The van der Waals surface area contributed by atoms with Crippen LogP contribution in [-0.4, -0.2) is 60.9 Å². The average Bonchev–Trinajstić information content (AvgIpc) is 2.69. The highest BCUT2D eigenvalue weighted by atomic mass is 16.5. The van der Waals surface area contributed by atoms with Crippen molar-refractivity contribution in [1.82, 2.24) is 10.2 Å². The van der Waals surface area contributed by atoms with Crippen molar-refractivity contribution in [2.24, 2.45) is 0 Å². The summed E-state index contributed by atoms with van der Waals surface area (Å²) in [5.41, 5.74) is -0.677. The van der Waals surface area contributed by atoms with E-state index < -0.39 is 11.5 Å². The summed E-state index contributed by atoms with van der Waals surface area (Å²) >= 11 is 0. The Labute approximate surface area is 83.0 Å². The Balaban J connectivity index is 2.12. The van der Waals surface area contributed by atoms with Crippen molar-refractivity contribution in [2.45, 2.75) is 12.0 Å².